The zero-order valence-corrected chi connectivity index (χ0v) is 29.6. The largest absolute Gasteiger partial charge is 0.472 e. The maximum absolute atomic E-state index is 12.7. The Bertz CT molecular complexity index is 781. The third kappa shape index (κ3) is 30.0. The Labute approximate surface area is 275 Å². The maximum atomic E-state index is 12.7. The van der Waals surface area contributed by atoms with Gasteiger partial charge in [0.25, 0.3) is 0 Å². The summed E-state index contributed by atoms with van der Waals surface area (Å²) >= 11 is 0. The smallest absolute Gasteiger partial charge is 0.393 e. The molecule has 6 N–H and O–H groups in total. The van der Waals surface area contributed by atoms with E-state index < -0.39 is 38.6 Å². The molecular formula is C35H69N2O7P. The lowest BCUT2D eigenvalue weighted by Gasteiger charge is -2.24. The highest BCUT2D eigenvalue weighted by Gasteiger charge is 2.27. The molecule has 0 aromatic rings. The lowest BCUT2D eigenvalue weighted by atomic mass is 10.0. The van der Waals surface area contributed by atoms with Crippen molar-refractivity contribution in [3.63, 3.8) is 0 Å². The summed E-state index contributed by atoms with van der Waals surface area (Å²) < 4.78 is 21.9. The van der Waals surface area contributed by atoms with Gasteiger partial charge in [0.1, 0.15) is 0 Å². The van der Waals surface area contributed by atoms with E-state index in [1.807, 2.05) is 6.08 Å². The van der Waals surface area contributed by atoms with Crippen LogP contribution in [0.1, 0.15) is 155 Å². The molecule has 0 fully saturated rings. The SMILES string of the molecule is CCCCC/C=C/CC/C=C/C(O)C(COP(=O)(O)OCCN)NC(=O)CC(O)CCCCCCCCCCCCCCCC. The molecule has 1 amide bonds. The first-order chi connectivity index (χ1) is 21.8. The molecule has 0 aliphatic rings. The summed E-state index contributed by atoms with van der Waals surface area (Å²) in [4.78, 5) is 22.5. The predicted octanol–water partition coefficient (Wildman–Crippen LogP) is 8.02. The van der Waals surface area contributed by atoms with Crippen molar-refractivity contribution in [1.29, 1.82) is 0 Å². The fraction of sp³-hybridized carbons (Fsp3) is 0.857. The van der Waals surface area contributed by atoms with Crippen LogP contribution in [0.3, 0.4) is 0 Å². The van der Waals surface area contributed by atoms with Gasteiger partial charge in [0.05, 0.1) is 37.9 Å². The third-order valence-corrected chi connectivity index (χ3v) is 8.82. The molecule has 0 aliphatic heterocycles. The van der Waals surface area contributed by atoms with Crippen LogP contribution in [-0.2, 0) is 18.4 Å². The van der Waals surface area contributed by atoms with E-state index in [1.54, 1.807) is 6.08 Å². The van der Waals surface area contributed by atoms with Crippen LogP contribution in [0.2, 0.25) is 0 Å². The number of unbranched alkanes of at least 4 members (excludes halogenated alkanes) is 17. The normalized spacial score (nSPS) is 15.4. The number of hydrogen-bond acceptors (Lipinski definition) is 7. The number of phosphoric ester groups is 1. The van der Waals surface area contributed by atoms with Crippen LogP contribution < -0.4 is 11.1 Å². The molecule has 266 valence electrons. The minimum absolute atomic E-state index is 0.0453. The van der Waals surface area contributed by atoms with E-state index in [2.05, 4.69) is 31.3 Å². The highest BCUT2D eigenvalue weighted by atomic mass is 31.2. The number of carbonyl (C=O) groups is 1. The summed E-state index contributed by atoms with van der Waals surface area (Å²) in [6.07, 6.45) is 29.9. The van der Waals surface area contributed by atoms with Crippen LogP contribution in [-0.4, -0.2) is 59.0 Å². The van der Waals surface area contributed by atoms with Gasteiger partial charge in [-0.15, -0.1) is 0 Å². The van der Waals surface area contributed by atoms with E-state index in [-0.39, 0.29) is 19.6 Å². The molecule has 0 radical (unpaired) electrons. The first-order valence-electron chi connectivity index (χ1n) is 18.0. The Morgan fingerprint density at radius 1 is 0.756 bits per heavy atom. The first kappa shape index (κ1) is 43.9. The number of nitrogens with two attached hydrogens (primary N) is 1. The van der Waals surface area contributed by atoms with Gasteiger partial charge < -0.3 is 26.2 Å². The number of aliphatic hydroxyl groups excluding tert-OH is 2. The Morgan fingerprint density at radius 3 is 1.84 bits per heavy atom. The van der Waals surface area contributed by atoms with Crippen molar-refractivity contribution in [2.75, 3.05) is 19.8 Å². The molecule has 0 rings (SSSR count). The first-order valence-corrected chi connectivity index (χ1v) is 19.5. The Kier molecular flexibility index (Phi) is 30.8. The molecule has 4 unspecified atom stereocenters. The second kappa shape index (κ2) is 31.5. The molecule has 0 aromatic heterocycles. The molecule has 45 heavy (non-hydrogen) atoms. The molecule has 0 aromatic carbocycles. The quantitative estimate of drug-likeness (QED) is 0.0270. The van der Waals surface area contributed by atoms with Crippen molar-refractivity contribution in [3.8, 4) is 0 Å². The second-order valence-corrected chi connectivity index (χ2v) is 13.7. The molecule has 0 saturated carbocycles. The summed E-state index contributed by atoms with van der Waals surface area (Å²) in [7, 11) is -4.39. The van der Waals surface area contributed by atoms with Crippen LogP contribution >= 0.6 is 7.82 Å². The average molecular weight is 661 g/mol. The van der Waals surface area contributed by atoms with Crippen LogP contribution in [0.15, 0.2) is 24.3 Å². The summed E-state index contributed by atoms with van der Waals surface area (Å²) in [5.41, 5.74) is 5.32. The van der Waals surface area contributed by atoms with E-state index in [9.17, 15) is 24.5 Å². The summed E-state index contributed by atoms with van der Waals surface area (Å²) in [5, 5.41) is 23.8. The maximum Gasteiger partial charge on any atom is 0.472 e. The Balaban J connectivity index is 4.42. The highest BCUT2D eigenvalue weighted by molar-refractivity contribution is 7.47. The van der Waals surface area contributed by atoms with E-state index in [0.29, 0.717) is 12.8 Å². The summed E-state index contributed by atoms with van der Waals surface area (Å²) in [5.74, 6) is -0.459. The van der Waals surface area contributed by atoms with E-state index >= 15 is 0 Å². The summed E-state index contributed by atoms with van der Waals surface area (Å²) in [6, 6.07) is -0.992. The lowest BCUT2D eigenvalue weighted by molar-refractivity contribution is -0.124. The number of rotatable bonds is 33. The molecular weight excluding hydrogens is 591 g/mol. The van der Waals surface area contributed by atoms with Crippen molar-refractivity contribution >= 4 is 13.7 Å². The van der Waals surface area contributed by atoms with Gasteiger partial charge in [-0.05, 0) is 32.1 Å². The molecule has 0 heterocycles. The van der Waals surface area contributed by atoms with Crippen molar-refractivity contribution < 1.29 is 33.5 Å². The van der Waals surface area contributed by atoms with Gasteiger partial charge in [0.2, 0.25) is 5.91 Å². The van der Waals surface area contributed by atoms with Crippen molar-refractivity contribution in [1.82, 2.24) is 5.32 Å². The van der Waals surface area contributed by atoms with Crippen LogP contribution in [0.4, 0.5) is 0 Å². The van der Waals surface area contributed by atoms with Gasteiger partial charge in [-0.2, -0.15) is 0 Å². The second-order valence-electron chi connectivity index (χ2n) is 12.3. The van der Waals surface area contributed by atoms with Crippen molar-refractivity contribution in [3.05, 3.63) is 24.3 Å². The van der Waals surface area contributed by atoms with Crippen molar-refractivity contribution in [2.24, 2.45) is 5.73 Å². The molecule has 9 nitrogen and oxygen atoms in total. The lowest BCUT2D eigenvalue weighted by Crippen LogP contribution is -2.46. The number of allylic oxidation sites excluding steroid dienone is 3. The number of amides is 1. The van der Waals surface area contributed by atoms with Gasteiger partial charge >= 0.3 is 7.82 Å². The summed E-state index contributed by atoms with van der Waals surface area (Å²) in [6.45, 7) is 3.87. The minimum Gasteiger partial charge on any atom is -0.393 e. The van der Waals surface area contributed by atoms with E-state index in [0.717, 1.165) is 32.1 Å². The molecule has 0 aliphatic carbocycles. The third-order valence-electron chi connectivity index (χ3n) is 7.83. The van der Waals surface area contributed by atoms with E-state index in [1.165, 1.54) is 89.9 Å². The number of phosphoric acid groups is 1. The van der Waals surface area contributed by atoms with Gasteiger partial charge in [0.15, 0.2) is 0 Å². The Morgan fingerprint density at radius 2 is 1.27 bits per heavy atom. The topological polar surface area (TPSA) is 151 Å². The molecule has 4 atom stereocenters. The highest BCUT2D eigenvalue weighted by Crippen LogP contribution is 2.43. The molecule has 0 bridgehead atoms. The fourth-order valence-electron chi connectivity index (χ4n) is 5.07. The zero-order chi connectivity index (χ0) is 33.4. The fourth-order valence-corrected chi connectivity index (χ4v) is 5.83. The van der Waals surface area contributed by atoms with Crippen LogP contribution in [0.5, 0.6) is 0 Å². The number of aliphatic hydroxyl groups is 2. The van der Waals surface area contributed by atoms with Gasteiger partial charge in [-0.25, -0.2) is 4.57 Å². The van der Waals surface area contributed by atoms with E-state index in [4.69, 9.17) is 14.8 Å². The standard InChI is InChI=1S/C35H69N2O7P/c1-3-5-7-9-11-13-14-15-16-17-19-20-22-24-26-32(38)30-35(40)37-33(31-44-45(41,42)43-29-28-36)34(39)27-25-23-21-18-12-10-8-6-4-2/h12,18,25,27,32-34,38-39H,3-11,13-17,19-24,26,28-31,36H2,1-2H3,(H,37,40)(H,41,42)/b18-12+,27-25+. The van der Waals surface area contributed by atoms with Gasteiger partial charge in [-0.3, -0.25) is 13.8 Å². The average Bonchev–Trinajstić information content (AvgIpc) is 3.01. The molecule has 10 heteroatoms. The van der Waals surface area contributed by atoms with Crippen LogP contribution in [0.25, 0.3) is 0 Å². The Hall–Kier alpha value is -1.06. The number of carbonyl (C=O) groups excluding carboxylic acids is 1. The zero-order valence-electron chi connectivity index (χ0n) is 28.7. The van der Waals surface area contributed by atoms with Gasteiger partial charge in [0, 0.05) is 6.54 Å². The molecule has 0 spiro atoms. The van der Waals surface area contributed by atoms with Crippen LogP contribution in [0, 0.1) is 0 Å². The minimum atomic E-state index is -4.39. The van der Waals surface area contributed by atoms with Crippen molar-refractivity contribution in [2.45, 2.75) is 173 Å². The van der Waals surface area contributed by atoms with Gasteiger partial charge in [-0.1, -0.05) is 141 Å². The monoisotopic (exact) mass is 660 g/mol. The molecule has 0 saturated heterocycles. The predicted molar refractivity (Wildman–Crippen MR) is 186 cm³/mol. The number of hydrogen-bond donors (Lipinski definition) is 5. The number of nitrogens with one attached hydrogen (secondary N) is 1.